The predicted molar refractivity (Wildman–Crippen MR) is 65.4 cm³/mol. The van der Waals surface area contributed by atoms with E-state index in [2.05, 4.69) is 31.2 Å². The quantitative estimate of drug-likeness (QED) is 0.792. The van der Waals surface area contributed by atoms with E-state index in [1.54, 1.807) is 12.1 Å². The number of carbonyl (C=O) groups excluding carboxylic acids is 1. The Bertz CT molecular complexity index is 515. The Balaban J connectivity index is 2.13. The topological polar surface area (TPSA) is 47.0 Å². The Labute approximate surface area is 101 Å². The molecule has 0 aliphatic rings. The van der Waals surface area contributed by atoms with Crippen molar-refractivity contribution in [1.82, 2.24) is 0 Å². The normalized spacial score (nSPS) is 10.2. The number of benzene rings is 1. The molecule has 1 aromatic heterocycles. The van der Waals surface area contributed by atoms with Crippen LogP contribution in [0.1, 0.15) is 21.5 Å². The first kappa shape index (κ1) is 11.3. The molecule has 1 aromatic carbocycles. The zero-order valence-corrected chi connectivity index (χ0v) is 9.76. The minimum atomic E-state index is -0.396. The number of amides is 1. The van der Waals surface area contributed by atoms with Crippen molar-refractivity contribution in [3.63, 3.8) is 0 Å². The van der Waals surface area contributed by atoms with Crippen molar-refractivity contribution in [3.8, 4) is 0 Å². The highest BCUT2D eigenvalue weighted by molar-refractivity contribution is 5.92. The molecule has 17 heavy (non-hydrogen) atoms. The van der Waals surface area contributed by atoms with Gasteiger partial charge in [0.1, 0.15) is 0 Å². The standard InChI is InChI=1S/C14H14N2O/c1-11-2-4-12(5-3-11)10-16-8-6-13(7-9-16)14(15)17/h2-9H,10H2,1H3,(H-,15,17)/p+1. The van der Waals surface area contributed by atoms with Gasteiger partial charge in [-0.1, -0.05) is 29.8 Å². The molecule has 0 atom stereocenters. The van der Waals surface area contributed by atoms with Crippen LogP contribution in [0.25, 0.3) is 0 Å². The van der Waals surface area contributed by atoms with E-state index in [-0.39, 0.29) is 0 Å². The van der Waals surface area contributed by atoms with Crippen molar-refractivity contribution in [1.29, 1.82) is 0 Å². The van der Waals surface area contributed by atoms with E-state index >= 15 is 0 Å². The number of rotatable bonds is 3. The maximum Gasteiger partial charge on any atom is 0.249 e. The summed E-state index contributed by atoms with van der Waals surface area (Å²) in [4.78, 5) is 10.9. The summed E-state index contributed by atoms with van der Waals surface area (Å²) in [6.07, 6.45) is 3.72. The van der Waals surface area contributed by atoms with Crippen LogP contribution in [-0.4, -0.2) is 5.91 Å². The third-order valence-corrected chi connectivity index (χ3v) is 2.66. The molecule has 0 spiro atoms. The van der Waals surface area contributed by atoms with Gasteiger partial charge in [0.15, 0.2) is 18.9 Å². The lowest BCUT2D eigenvalue weighted by Gasteiger charge is -1.99. The number of nitrogens with zero attached hydrogens (tertiary/aromatic N) is 1. The summed E-state index contributed by atoms with van der Waals surface area (Å²) >= 11 is 0. The number of aromatic nitrogens is 1. The lowest BCUT2D eigenvalue weighted by molar-refractivity contribution is -0.688. The SMILES string of the molecule is Cc1ccc(C[n+]2ccc(C(N)=O)cc2)cc1. The van der Waals surface area contributed by atoms with Crippen LogP contribution in [0.2, 0.25) is 0 Å². The number of hydrogen-bond donors (Lipinski definition) is 1. The van der Waals surface area contributed by atoms with Crippen LogP contribution in [0, 0.1) is 6.92 Å². The zero-order valence-electron chi connectivity index (χ0n) is 9.76. The summed E-state index contributed by atoms with van der Waals surface area (Å²) in [5.41, 5.74) is 8.20. The van der Waals surface area contributed by atoms with Crippen molar-refractivity contribution in [3.05, 3.63) is 65.5 Å². The van der Waals surface area contributed by atoms with Crippen LogP contribution in [-0.2, 0) is 6.54 Å². The predicted octanol–water partition coefficient (Wildman–Crippen LogP) is 1.43. The Morgan fingerprint density at radius 3 is 2.24 bits per heavy atom. The smallest absolute Gasteiger partial charge is 0.249 e. The first-order valence-corrected chi connectivity index (χ1v) is 5.49. The lowest BCUT2D eigenvalue weighted by Crippen LogP contribution is -2.33. The molecule has 0 saturated heterocycles. The van der Waals surface area contributed by atoms with E-state index < -0.39 is 5.91 Å². The van der Waals surface area contributed by atoms with E-state index in [4.69, 9.17) is 5.73 Å². The molecule has 0 bridgehead atoms. The van der Waals surface area contributed by atoms with Crippen molar-refractivity contribution >= 4 is 5.91 Å². The second-order valence-corrected chi connectivity index (χ2v) is 4.11. The molecule has 1 heterocycles. The first-order valence-electron chi connectivity index (χ1n) is 5.49. The Morgan fingerprint density at radius 2 is 1.71 bits per heavy atom. The zero-order chi connectivity index (χ0) is 12.3. The monoisotopic (exact) mass is 227 g/mol. The summed E-state index contributed by atoms with van der Waals surface area (Å²) in [6.45, 7) is 2.86. The van der Waals surface area contributed by atoms with Gasteiger partial charge >= 0.3 is 0 Å². The van der Waals surface area contributed by atoms with Gasteiger partial charge in [0, 0.05) is 17.7 Å². The van der Waals surface area contributed by atoms with E-state index in [0.717, 1.165) is 6.54 Å². The minimum absolute atomic E-state index is 0.396. The molecular formula is C14H15N2O+. The number of nitrogens with two attached hydrogens (primary N) is 1. The molecule has 2 N–H and O–H groups in total. The summed E-state index contributed by atoms with van der Waals surface area (Å²) in [5.74, 6) is -0.396. The summed E-state index contributed by atoms with van der Waals surface area (Å²) in [7, 11) is 0. The minimum Gasteiger partial charge on any atom is -0.366 e. The van der Waals surface area contributed by atoms with Gasteiger partial charge < -0.3 is 5.73 Å². The third kappa shape index (κ3) is 2.91. The maximum absolute atomic E-state index is 10.9. The number of hydrogen-bond acceptors (Lipinski definition) is 1. The highest BCUT2D eigenvalue weighted by Crippen LogP contribution is 2.02. The molecule has 2 aromatic rings. The number of aryl methyl sites for hydroxylation is 1. The number of carbonyl (C=O) groups is 1. The molecule has 3 heteroatoms. The molecule has 0 aliphatic heterocycles. The fourth-order valence-corrected chi connectivity index (χ4v) is 1.63. The average molecular weight is 227 g/mol. The highest BCUT2D eigenvalue weighted by atomic mass is 16.1. The van der Waals surface area contributed by atoms with Gasteiger partial charge in [-0.05, 0) is 6.92 Å². The molecule has 0 fully saturated rings. The van der Waals surface area contributed by atoms with Crippen molar-refractivity contribution in [2.75, 3.05) is 0 Å². The Morgan fingerprint density at radius 1 is 1.12 bits per heavy atom. The molecule has 0 radical (unpaired) electrons. The van der Waals surface area contributed by atoms with E-state index in [9.17, 15) is 4.79 Å². The first-order chi connectivity index (χ1) is 8.15. The highest BCUT2D eigenvalue weighted by Gasteiger charge is 2.05. The maximum atomic E-state index is 10.9. The molecule has 3 nitrogen and oxygen atoms in total. The molecular weight excluding hydrogens is 212 g/mol. The van der Waals surface area contributed by atoms with Gasteiger partial charge in [-0.15, -0.1) is 0 Å². The largest absolute Gasteiger partial charge is 0.366 e. The van der Waals surface area contributed by atoms with E-state index in [1.165, 1.54) is 11.1 Å². The molecule has 0 saturated carbocycles. The van der Waals surface area contributed by atoms with Crippen LogP contribution in [0.15, 0.2) is 48.8 Å². The summed E-state index contributed by atoms with van der Waals surface area (Å²) in [6, 6.07) is 11.9. The molecule has 2 rings (SSSR count). The van der Waals surface area contributed by atoms with E-state index in [1.807, 2.05) is 17.0 Å². The molecule has 1 amide bonds. The fraction of sp³-hybridized carbons (Fsp3) is 0.143. The number of primary amides is 1. The third-order valence-electron chi connectivity index (χ3n) is 2.66. The van der Waals surface area contributed by atoms with E-state index in [0.29, 0.717) is 5.56 Å². The van der Waals surface area contributed by atoms with Crippen molar-refractivity contribution in [2.24, 2.45) is 5.73 Å². The average Bonchev–Trinajstić information content (AvgIpc) is 2.33. The van der Waals surface area contributed by atoms with Crippen LogP contribution in [0.5, 0.6) is 0 Å². The van der Waals surface area contributed by atoms with Crippen LogP contribution >= 0.6 is 0 Å². The molecule has 86 valence electrons. The summed E-state index contributed by atoms with van der Waals surface area (Å²) < 4.78 is 2.01. The summed E-state index contributed by atoms with van der Waals surface area (Å²) in [5, 5.41) is 0. The second-order valence-electron chi connectivity index (χ2n) is 4.11. The second kappa shape index (κ2) is 4.78. The number of pyridine rings is 1. The van der Waals surface area contributed by atoms with Crippen LogP contribution in [0.4, 0.5) is 0 Å². The fourth-order valence-electron chi connectivity index (χ4n) is 1.63. The molecule has 0 unspecified atom stereocenters. The van der Waals surface area contributed by atoms with Gasteiger partial charge in [-0.3, -0.25) is 4.79 Å². The Hall–Kier alpha value is -2.16. The Kier molecular flexibility index (Phi) is 3.19. The van der Waals surface area contributed by atoms with Crippen LogP contribution in [0.3, 0.4) is 0 Å². The van der Waals surface area contributed by atoms with Crippen molar-refractivity contribution in [2.45, 2.75) is 13.5 Å². The van der Waals surface area contributed by atoms with Crippen LogP contribution < -0.4 is 10.3 Å². The van der Waals surface area contributed by atoms with Gasteiger partial charge in [-0.2, -0.15) is 0 Å². The van der Waals surface area contributed by atoms with Gasteiger partial charge in [0.05, 0.1) is 5.56 Å². The lowest BCUT2D eigenvalue weighted by atomic mass is 10.1. The van der Waals surface area contributed by atoms with Gasteiger partial charge in [-0.25, -0.2) is 4.57 Å². The van der Waals surface area contributed by atoms with Crippen molar-refractivity contribution < 1.29 is 9.36 Å². The van der Waals surface area contributed by atoms with Gasteiger partial charge in [0.2, 0.25) is 5.91 Å². The van der Waals surface area contributed by atoms with Gasteiger partial charge in [0.25, 0.3) is 0 Å². The molecule has 0 aliphatic carbocycles.